The third-order valence-corrected chi connectivity index (χ3v) is 7.43. The highest BCUT2D eigenvalue weighted by Gasteiger charge is 2.26. The second-order valence-corrected chi connectivity index (χ2v) is 10.0. The van der Waals surface area contributed by atoms with Crippen LogP contribution < -0.4 is 16.1 Å². The van der Waals surface area contributed by atoms with Crippen LogP contribution >= 0.6 is 0 Å². The van der Waals surface area contributed by atoms with E-state index in [1.165, 1.54) is 24.9 Å². The molecule has 9 heteroatoms. The van der Waals surface area contributed by atoms with Gasteiger partial charge in [0.15, 0.2) is 0 Å². The Kier molecular flexibility index (Phi) is 8.76. The number of carbonyl (C=O) groups excluding carboxylic acids is 1. The average Bonchev–Trinajstić information content (AvgIpc) is 2.92. The zero-order valence-electron chi connectivity index (χ0n) is 21.9. The molecule has 1 fully saturated rings. The number of aliphatic carboxylic acids is 1. The number of benzene rings is 1. The average molecular weight is 523 g/mol. The topological polar surface area (TPSA) is 113 Å². The molecule has 3 aromatic rings. The van der Waals surface area contributed by atoms with Crippen molar-refractivity contribution >= 4 is 28.5 Å². The van der Waals surface area contributed by atoms with Crippen molar-refractivity contribution in [1.82, 2.24) is 14.9 Å². The molecule has 0 saturated heterocycles. The largest absolute Gasteiger partial charge is 0.480 e. The van der Waals surface area contributed by atoms with E-state index in [4.69, 9.17) is 0 Å². The van der Waals surface area contributed by atoms with Crippen molar-refractivity contribution in [3.63, 3.8) is 0 Å². The molecule has 0 radical (unpaired) electrons. The van der Waals surface area contributed by atoms with E-state index in [1.807, 2.05) is 18.4 Å². The van der Waals surface area contributed by atoms with E-state index < -0.39 is 29.2 Å². The number of fused-ring (bicyclic) bond motifs is 1. The van der Waals surface area contributed by atoms with Crippen LogP contribution in [0, 0.1) is 5.82 Å². The van der Waals surface area contributed by atoms with Crippen molar-refractivity contribution in [2.24, 2.45) is 0 Å². The molecule has 202 valence electrons. The maximum atomic E-state index is 15.2. The number of hydrogen-bond donors (Lipinski definition) is 3. The molecule has 3 N–H and O–H groups in total. The molecule has 1 aliphatic rings. The molecule has 8 nitrogen and oxygen atoms in total. The van der Waals surface area contributed by atoms with Gasteiger partial charge in [0.2, 0.25) is 5.43 Å². The van der Waals surface area contributed by atoms with Crippen LogP contribution in [0.15, 0.2) is 47.7 Å². The van der Waals surface area contributed by atoms with Gasteiger partial charge in [-0.25, -0.2) is 9.18 Å². The van der Waals surface area contributed by atoms with Gasteiger partial charge in [0.05, 0.1) is 11.2 Å². The van der Waals surface area contributed by atoms with Crippen LogP contribution in [-0.4, -0.2) is 38.6 Å². The minimum Gasteiger partial charge on any atom is -0.480 e. The number of carbonyl (C=O) groups is 2. The van der Waals surface area contributed by atoms with Gasteiger partial charge in [-0.1, -0.05) is 39.2 Å². The first-order chi connectivity index (χ1) is 18.3. The lowest BCUT2D eigenvalue weighted by molar-refractivity contribution is -0.139. The van der Waals surface area contributed by atoms with E-state index in [-0.39, 0.29) is 29.5 Å². The van der Waals surface area contributed by atoms with Crippen LogP contribution in [0.5, 0.6) is 0 Å². The van der Waals surface area contributed by atoms with Crippen LogP contribution in [0.1, 0.15) is 80.8 Å². The first kappa shape index (κ1) is 27.3. The van der Waals surface area contributed by atoms with Crippen molar-refractivity contribution in [2.75, 3.05) is 5.32 Å². The van der Waals surface area contributed by atoms with E-state index in [0.717, 1.165) is 38.5 Å². The number of pyridine rings is 2. The number of aromatic nitrogens is 2. The Labute approximate surface area is 221 Å². The number of halogens is 1. The van der Waals surface area contributed by atoms with Crippen molar-refractivity contribution in [1.29, 1.82) is 0 Å². The third-order valence-electron chi connectivity index (χ3n) is 7.43. The van der Waals surface area contributed by atoms with Gasteiger partial charge in [0.25, 0.3) is 5.91 Å². The molecule has 38 heavy (non-hydrogen) atoms. The van der Waals surface area contributed by atoms with Gasteiger partial charge in [0.1, 0.15) is 17.4 Å². The summed E-state index contributed by atoms with van der Waals surface area (Å²) in [6, 6.07) is 5.14. The number of hydrogen-bond acceptors (Lipinski definition) is 5. The summed E-state index contributed by atoms with van der Waals surface area (Å²) in [6.45, 7) is 4.02. The van der Waals surface area contributed by atoms with Crippen molar-refractivity contribution < 1.29 is 19.1 Å². The Morgan fingerprint density at radius 3 is 2.55 bits per heavy atom. The van der Waals surface area contributed by atoms with Gasteiger partial charge in [-0.2, -0.15) is 0 Å². The quantitative estimate of drug-likeness (QED) is 0.343. The molecule has 0 unspecified atom stereocenters. The summed E-state index contributed by atoms with van der Waals surface area (Å²) in [5, 5.41) is 15.6. The van der Waals surface area contributed by atoms with Gasteiger partial charge in [-0.3, -0.25) is 14.6 Å². The van der Waals surface area contributed by atoms with Crippen LogP contribution in [-0.2, 0) is 11.2 Å². The second-order valence-electron chi connectivity index (χ2n) is 10.0. The zero-order valence-corrected chi connectivity index (χ0v) is 21.9. The summed E-state index contributed by atoms with van der Waals surface area (Å²) < 4.78 is 17.1. The summed E-state index contributed by atoms with van der Waals surface area (Å²) in [7, 11) is 0. The SMILES string of the molecule is CCC(CC)n1cc(C(=O)N[C@H](Cc2cccnc2)C(=O)O)c(=O)c2cc(F)c(NC3CCCCC3)cc21. The molecule has 0 bridgehead atoms. The lowest BCUT2D eigenvalue weighted by atomic mass is 9.95. The molecule has 0 spiro atoms. The van der Waals surface area contributed by atoms with Crippen LogP contribution in [0.25, 0.3) is 10.9 Å². The molecule has 1 aliphatic carbocycles. The first-order valence-corrected chi connectivity index (χ1v) is 13.4. The number of amides is 1. The predicted molar refractivity (Wildman–Crippen MR) is 145 cm³/mol. The highest BCUT2D eigenvalue weighted by molar-refractivity contribution is 5.99. The summed E-state index contributed by atoms with van der Waals surface area (Å²) in [5.41, 5.74) is 0.684. The Morgan fingerprint density at radius 1 is 1.18 bits per heavy atom. The summed E-state index contributed by atoms with van der Waals surface area (Å²) in [6.07, 6.45) is 11.4. The fourth-order valence-corrected chi connectivity index (χ4v) is 5.28. The van der Waals surface area contributed by atoms with Crippen LogP contribution in [0.3, 0.4) is 0 Å². The fourth-order valence-electron chi connectivity index (χ4n) is 5.28. The molecule has 1 aromatic carbocycles. The predicted octanol–water partition coefficient (Wildman–Crippen LogP) is 5.07. The number of carboxylic acid groups (broad SMARTS) is 1. The minimum absolute atomic E-state index is 0.00799. The molecular weight excluding hydrogens is 487 g/mol. The van der Waals surface area contributed by atoms with Gasteiger partial charge in [-0.05, 0) is 49.4 Å². The number of nitrogens with one attached hydrogen (secondary N) is 2. The Hall–Kier alpha value is -3.75. The van der Waals surface area contributed by atoms with Crippen LogP contribution in [0.2, 0.25) is 0 Å². The summed E-state index contributed by atoms with van der Waals surface area (Å²) in [4.78, 5) is 42.6. The monoisotopic (exact) mass is 522 g/mol. The number of anilines is 1. The number of rotatable bonds is 10. The van der Waals surface area contributed by atoms with Crippen molar-refractivity contribution in [3.8, 4) is 0 Å². The highest BCUT2D eigenvalue weighted by Crippen LogP contribution is 2.29. The highest BCUT2D eigenvalue weighted by atomic mass is 19.1. The van der Waals surface area contributed by atoms with E-state index in [1.54, 1.807) is 24.4 Å². The van der Waals surface area contributed by atoms with Crippen molar-refractivity contribution in [3.05, 3.63) is 70.0 Å². The molecule has 1 amide bonds. The normalized spacial score (nSPS) is 14.9. The summed E-state index contributed by atoms with van der Waals surface area (Å²) >= 11 is 0. The fraction of sp³-hybridized carbons (Fsp3) is 0.448. The molecule has 0 aliphatic heterocycles. The lowest BCUT2D eigenvalue weighted by Gasteiger charge is -2.26. The third kappa shape index (κ3) is 6.03. The van der Waals surface area contributed by atoms with E-state index in [9.17, 15) is 19.5 Å². The van der Waals surface area contributed by atoms with Gasteiger partial charge < -0.3 is 20.3 Å². The lowest BCUT2D eigenvalue weighted by Crippen LogP contribution is -2.44. The van der Waals surface area contributed by atoms with Gasteiger partial charge in [0, 0.05) is 42.5 Å². The molecule has 1 saturated carbocycles. The van der Waals surface area contributed by atoms with Crippen LogP contribution in [0.4, 0.5) is 10.1 Å². The smallest absolute Gasteiger partial charge is 0.326 e. The second kappa shape index (κ2) is 12.2. The zero-order chi connectivity index (χ0) is 27.2. The molecular formula is C29H35FN4O4. The van der Waals surface area contributed by atoms with E-state index in [2.05, 4.69) is 15.6 Å². The molecule has 4 rings (SSSR count). The summed E-state index contributed by atoms with van der Waals surface area (Å²) in [5.74, 6) is -2.58. The standard InChI is InChI=1S/C29H35FN4O4/c1-3-20(4-2)34-17-22(28(36)33-25(29(37)38)13-18-9-8-12-31-16-18)27(35)21-14-23(30)24(15-26(21)34)32-19-10-6-5-7-11-19/h8-9,12,14-17,19-20,25,32H,3-7,10-11,13H2,1-2H3,(H,33,36)(H,37,38)/t25-/m1/s1. The Balaban J connectivity index is 1.74. The minimum atomic E-state index is -1.26. The van der Waals surface area contributed by atoms with Gasteiger partial charge >= 0.3 is 5.97 Å². The van der Waals surface area contributed by atoms with Crippen molar-refractivity contribution in [2.45, 2.75) is 83.3 Å². The van der Waals surface area contributed by atoms with E-state index >= 15 is 4.39 Å². The Morgan fingerprint density at radius 2 is 1.92 bits per heavy atom. The first-order valence-electron chi connectivity index (χ1n) is 13.4. The molecule has 2 aromatic heterocycles. The van der Waals surface area contributed by atoms with Gasteiger partial charge in [-0.15, -0.1) is 0 Å². The molecule has 2 heterocycles. The maximum Gasteiger partial charge on any atom is 0.326 e. The maximum absolute atomic E-state index is 15.2. The number of carboxylic acids is 1. The Bertz CT molecular complexity index is 1350. The van der Waals surface area contributed by atoms with E-state index in [0.29, 0.717) is 16.8 Å². The molecule has 1 atom stereocenters. The number of nitrogens with zero attached hydrogens (tertiary/aromatic N) is 2.